The fourth-order valence-electron chi connectivity index (χ4n) is 1.88. The van der Waals surface area contributed by atoms with Gasteiger partial charge in [-0.25, -0.2) is 0 Å². The fourth-order valence-corrected chi connectivity index (χ4v) is 1.88. The van der Waals surface area contributed by atoms with Crippen molar-refractivity contribution in [1.29, 1.82) is 0 Å². The maximum atomic E-state index is 11.1. The minimum Gasteiger partial charge on any atom is -0.480 e. The van der Waals surface area contributed by atoms with Crippen LogP contribution in [0.5, 0.6) is 0 Å². The van der Waals surface area contributed by atoms with Crippen LogP contribution in [0.3, 0.4) is 0 Å². The van der Waals surface area contributed by atoms with Crippen LogP contribution in [0.15, 0.2) is 0 Å². The Hall–Kier alpha value is -0.610. The Balaban J connectivity index is 2.74. The van der Waals surface area contributed by atoms with Crippen LogP contribution in [0.1, 0.15) is 19.8 Å². The van der Waals surface area contributed by atoms with Crippen molar-refractivity contribution in [2.75, 3.05) is 20.6 Å². The number of likely N-dealkylation sites (N-methyl/N-ethyl adjacent to an activating group) is 1. The second-order valence-electron chi connectivity index (χ2n) is 3.92. The Morgan fingerprint density at radius 2 is 2.31 bits per heavy atom. The normalized spacial score (nSPS) is 36.1. The number of aliphatic carboxylic acids is 1. The molecule has 1 aliphatic rings. The first kappa shape index (κ1) is 10.5. The van der Waals surface area contributed by atoms with Gasteiger partial charge in [-0.15, -0.1) is 0 Å². The summed E-state index contributed by atoms with van der Waals surface area (Å²) in [7, 11) is 3.76. The molecule has 1 fully saturated rings. The molecule has 2 unspecified atom stereocenters. The molecule has 1 saturated heterocycles. The lowest BCUT2D eigenvalue weighted by Crippen LogP contribution is -2.59. The van der Waals surface area contributed by atoms with Gasteiger partial charge in [0.25, 0.3) is 0 Å². The molecule has 0 aromatic carbocycles. The summed E-state index contributed by atoms with van der Waals surface area (Å²) in [6.07, 6.45) is 1.36. The molecule has 0 aromatic rings. The van der Waals surface area contributed by atoms with Crippen molar-refractivity contribution in [2.24, 2.45) is 0 Å². The van der Waals surface area contributed by atoms with E-state index < -0.39 is 11.5 Å². The average Bonchev–Trinajstić information content (AvgIpc) is 2.09. The van der Waals surface area contributed by atoms with Crippen LogP contribution in [0, 0.1) is 0 Å². The SMILES string of the molecule is CNC1(C(=O)O)CCN(C)C(C)C1. The average molecular weight is 186 g/mol. The molecule has 0 spiro atoms. The highest BCUT2D eigenvalue weighted by atomic mass is 16.4. The molecule has 2 atom stereocenters. The predicted molar refractivity (Wildman–Crippen MR) is 50.8 cm³/mol. The van der Waals surface area contributed by atoms with Crippen molar-refractivity contribution in [3.05, 3.63) is 0 Å². The first-order chi connectivity index (χ1) is 6.02. The van der Waals surface area contributed by atoms with E-state index in [4.69, 9.17) is 5.11 Å². The maximum Gasteiger partial charge on any atom is 0.323 e. The number of carbonyl (C=O) groups is 1. The summed E-state index contributed by atoms with van der Waals surface area (Å²) in [4.78, 5) is 13.3. The zero-order valence-electron chi connectivity index (χ0n) is 8.50. The molecule has 0 aromatic heterocycles. The molecule has 13 heavy (non-hydrogen) atoms. The van der Waals surface area contributed by atoms with E-state index in [2.05, 4.69) is 17.1 Å². The minimum absolute atomic E-state index is 0.331. The highest BCUT2D eigenvalue weighted by Gasteiger charge is 2.42. The molecule has 76 valence electrons. The van der Waals surface area contributed by atoms with Crippen molar-refractivity contribution in [1.82, 2.24) is 10.2 Å². The predicted octanol–water partition coefficient (Wildman–Crippen LogP) is 0.143. The number of hydrogen-bond donors (Lipinski definition) is 2. The first-order valence-electron chi connectivity index (χ1n) is 4.64. The molecule has 0 aliphatic carbocycles. The van der Waals surface area contributed by atoms with Crippen LogP contribution in [-0.4, -0.2) is 48.2 Å². The molecule has 2 N–H and O–H groups in total. The van der Waals surface area contributed by atoms with Gasteiger partial charge in [-0.3, -0.25) is 4.79 Å². The van der Waals surface area contributed by atoms with E-state index in [0.29, 0.717) is 18.9 Å². The lowest BCUT2D eigenvalue weighted by Gasteiger charge is -2.41. The molecule has 1 rings (SSSR count). The first-order valence-corrected chi connectivity index (χ1v) is 4.64. The van der Waals surface area contributed by atoms with Gasteiger partial charge >= 0.3 is 5.97 Å². The number of carboxylic acid groups (broad SMARTS) is 1. The topological polar surface area (TPSA) is 52.6 Å². The maximum absolute atomic E-state index is 11.1. The van der Waals surface area contributed by atoms with Gasteiger partial charge in [-0.2, -0.15) is 0 Å². The number of rotatable bonds is 2. The van der Waals surface area contributed by atoms with Crippen LogP contribution in [0.4, 0.5) is 0 Å². The number of likely N-dealkylation sites (tertiary alicyclic amines) is 1. The molecule has 0 radical (unpaired) electrons. The quantitative estimate of drug-likeness (QED) is 0.644. The molecule has 0 amide bonds. The summed E-state index contributed by atoms with van der Waals surface area (Å²) in [5.41, 5.74) is -0.702. The highest BCUT2D eigenvalue weighted by molar-refractivity contribution is 5.79. The molecule has 0 bridgehead atoms. The molecular formula is C9H18N2O2. The molecule has 4 nitrogen and oxygen atoms in total. The van der Waals surface area contributed by atoms with Gasteiger partial charge in [0.1, 0.15) is 5.54 Å². The zero-order chi connectivity index (χ0) is 10.1. The second kappa shape index (κ2) is 3.64. The number of carboxylic acids is 1. The molecule has 4 heteroatoms. The number of piperidine rings is 1. The van der Waals surface area contributed by atoms with Gasteiger partial charge in [0.15, 0.2) is 0 Å². The Labute approximate surface area is 78.9 Å². The Kier molecular flexibility index (Phi) is 2.93. The fraction of sp³-hybridized carbons (Fsp3) is 0.889. The smallest absolute Gasteiger partial charge is 0.323 e. The third-order valence-electron chi connectivity index (χ3n) is 3.18. The summed E-state index contributed by atoms with van der Waals surface area (Å²) in [6, 6.07) is 0.331. The van der Waals surface area contributed by atoms with Crippen molar-refractivity contribution in [2.45, 2.75) is 31.3 Å². The van der Waals surface area contributed by atoms with Crippen LogP contribution < -0.4 is 5.32 Å². The van der Waals surface area contributed by atoms with Crippen LogP contribution in [0.2, 0.25) is 0 Å². The minimum atomic E-state index is -0.727. The summed E-state index contributed by atoms with van der Waals surface area (Å²) in [5.74, 6) is -0.727. The van der Waals surface area contributed by atoms with Gasteiger partial charge in [-0.05, 0) is 33.9 Å². The number of hydrogen-bond acceptors (Lipinski definition) is 3. The lowest BCUT2D eigenvalue weighted by molar-refractivity contribution is -0.147. The molecular weight excluding hydrogens is 168 g/mol. The highest BCUT2D eigenvalue weighted by Crippen LogP contribution is 2.25. The lowest BCUT2D eigenvalue weighted by atomic mass is 9.84. The van der Waals surface area contributed by atoms with Crippen molar-refractivity contribution in [3.8, 4) is 0 Å². The Morgan fingerprint density at radius 1 is 1.69 bits per heavy atom. The van der Waals surface area contributed by atoms with Gasteiger partial charge in [0.2, 0.25) is 0 Å². The summed E-state index contributed by atoms with van der Waals surface area (Å²) in [6.45, 7) is 2.91. The van der Waals surface area contributed by atoms with E-state index in [1.165, 1.54) is 0 Å². The Morgan fingerprint density at radius 3 is 2.69 bits per heavy atom. The van der Waals surface area contributed by atoms with Crippen LogP contribution in [0.25, 0.3) is 0 Å². The van der Waals surface area contributed by atoms with Crippen LogP contribution in [-0.2, 0) is 4.79 Å². The molecule has 0 saturated carbocycles. The third kappa shape index (κ3) is 1.84. The zero-order valence-corrected chi connectivity index (χ0v) is 8.50. The van der Waals surface area contributed by atoms with E-state index in [0.717, 1.165) is 6.54 Å². The summed E-state index contributed by atoms with van der Waals surface area (Å²) < 4.78 is 0. The van der Waals surface area contributed by atoms with Gasteiger partial charge in [-0.1, -0.05) is 0 Å². The largest absolute Gasteiger partial charge is 0.480 e. The second-order valence-corrected chi connectivity index (χ2v) is 3.92. The van der Waals surface area contributed by atoms with E-state index in [-0.39, 0.29) is 0 Å². The monoisotopic (exact) mass is 186 g/mol. The van der Waals surface area contributed by atoms with Crippen molar-refractivity contribution >= 4 is 5.97 Å². The van der Waals surface area contributed by atoms with E-state index in [1.54, 1.807) is 7.05 Å². The Bertz CT molecular complexity index is 208. The number of nitrogens with one attached hydrogen (secondary N) is 1. The van der Waals surface area contributed by atoms with Crippen molar-refractivity contribution in [3.63, 3.8) is 0 Å². The standard InChI is InChI=1S/C9H18N2O2/c1-7-6-9(10-2,8(12)13)4-5-11(7)3/h7,10H,4-6H2,1-3H3,(H,12,13). The summed E-state index contributed by atoms with van der Waals surface area (Å²) >= 11 is 0. The third-order valence-corrected chi connectivity index (χ3v) is 3.18. The van der Waals surface area contributed by atoms with Gasteiger partial charge < -0.3 is 15.3 Å². The molecule has 1 aliphatic heterocycles. The van der Waals surface area contributed by atoms with Crippen LogP contribution >= 0.6 is 0 Å². The van der Waals surface area contributed by atoms with E-state index >= 15 is 0 Å². The van der Waals surface area contributed by atoms with Gasteiger partial charge in [0.05, 0.1) is 0 Å². The molecule has 1 heterocycles. The van der Waals surface area contributed by atoms with E-state index in [1.807, 2.05) is 7.05 Å². The number of nitrogens with zero attached hydrogens (tertiary/aromatic N) is 1. The summed E-state index contributed by atoms with van der Waals surface area (Å²) in [5, 5.41) is 12.1. The van der Waals surface area contributed by atoms with Crippen molar-refractivity contribution < 1.29 is 9.90 Å². The van der Waals surface area contributed by atoms with E-state index in [9.17, 15) is 4.79 Å². The van der Waals surface area contributed by atoms with Gasteiger partial charge in [0, 0.05) is 12.6 Å².